The minimum Gasteiger partial charge on any atom is -0.550 e. The number of aromatic nitrogens is 2. The van der Waals surface area contributed by atoms with E-state index in [9.17, 15) is 19.8 Å². The summed E-state index contributed by atoms with van der Waals surface area (Å²) in [6.07, 6.45) is -0.169. The molecule has 12 heteroatoms. The van der Waals surface area contributed by atoms with E-state index in [2.05, 4.69) is 9.97 Å². The van der Waals surface area contributed by atoms with E-state index in [1.165, 1.54) is 22.7 Å². The Morgan fingerprint density at radius 2 is 1.17 bits per heavy atom. The molecule has 0 atom stereocenters. The van der Waals surface area contributed by atoms with Crippen molar-refractivity contribution in [2.45, 2.75) is 26.7 Å². The summed E-state index contributed by atoms with van der Waals surface area (Å²) < 4.78 is 1.22. The number of nitrogens with one attached hydrogen (secondary N) is 2. The van der Waals surface area contributed by atoms with Crippen LogP contribution in [0.3, 0.4) is 0 Å². The van der Waals surface area contributed by atoms with E-state index in [4.69, 9.17) is 24.4 Å². The van der Waals surface area contributed by atoms with Crippen LogP contribution in [0.15, 0.2) is 0 Å². The van der Waals surface area contributed by atoms with Gasteiger partial charge in [0.15, 0.2) is 7.91 Å². The normalized spacial score (nSPS) is 9.08. The molecular formula is C12H12N2Na2O4S4. The molecule has 2 aromatic rings. The third-order valence-corrected chi connectivity index (χ3v) is 4.87. The van der Waals surface area contributed by atoms with Gasteiger partial charge in [-0.1, -0.05) is 0 Å². The van der Waals surface area contributed by atoms with Crippen LogP contribution in [-0.2, 0) is 22.4 Å². The van der Waals surface area contributed by atoms with E-state index in [0.29, 0.717) is 19.3 Å². The van der Waals surface area contributed by atoms with E-state index >= 15 is 0 Å². The number of thiazole rings is 2. The summed E-state index contributed by atoms with van der Waals surface area (Å²) >= 11 is 12.4. The van der Waals surface area contributed by atoms with E-state index in [1.807, 2.05) is 13.8 Å². The molecule has 0 aliphatic rings. The van der Waals surface area contributed by atoms with Crippen molar-refractivity contribution in [2.24, 2.45) is 0 Å². The fourth-order valence-corrected chi connectivity index (χ4v) is 3.89. The van der Waals surface area contributed by atoms with Gasteiger partial charge in [-0.25, -0.2) is 0 Å². The molecule has 0 amide bonds. The van der Waals surface area contributed by atoms with Gasteiger partial charge in [-0.15, -0.1) is 22.7 Å². The van der Waals surface area contributed by atoms with Crippen LogP contribution in [0, 0.1) is 21.8 Å². The number of aliphatic carboxylic acids is 2. The average molecular weight is 422 g/mol. The van der Waals surface area contributed by atoms with Gasteiger partial charge in [-0.05, 0) is 38.3 Å². The van der Waals surface area contributed by atoms with Gasteiger partial charge in [-0.3, -0.25) is 0 Å². The van der Waals surface area contributed by atoms with E-state index in [-0.39, 0.29) is 72.0 Å². The fourth-order valence-electron chi connectivity index (χ4n) is 1.50. The number of aromatic amines is 2. The van der Waals surface area contributed by atoms with Crippen LogP contribution in [0.5, 0.6) is 0 Å². The molecule has 0 fully saturated rings. The van der Waals surface area contributed by atoms with Gasteiger partial charge in [0.1, 0.15) is 0 Å². The molecule has 24 heavy (non-hydrogen) atoms. The first-order valence-corrected chi connectivity index (χ1v) is 8.40. The second-order valence-corrected chi connectivity index (χ2v) is 7.98. The van der Waals surface area contributed by atoms with Crippen molar-refractivity contribution in [3.63, 3.8) is 0 Å². The summed E-state index contributed by atoms with van der Waals surface area (Å²) in [4.78, 5) is 27.7. The Hall–Kier alpha value is 0.640. The van der Waals surface area contributed by atoms with Crippen LogP contribution in [0.4, 0.5) is 0 Å². The average Bonchev–Trinajstić information content (AvgIpc) is 2.81. The van der Waals surface area contributed by atoms with Crippen LogP contribution in [0.1, 0.15) is 21.1 Å². The largest absolute Gasteiger partial charge is 1.00 e. The Balaban J connectivity index is 0. The number of carbonyl (C=O) groups excluding carboxylic acids is 2. The molecule has 0 aliphatic heterocycles. The molecule has 0 saturated heterocycles. The maximum absolute atomic E-state index is 10.2. The molecule has 0 aliphatic carbocycles. The van der Waals surface area contributed by atoms with Gasteiger partial charge < -0.3 is 29.8 Å². The van der Waals surface area contributed by atoms with Gasteiger partial charge in [0.2, 0.25) is 0 Å². The van der Waals surface area contributed by atoms with Crippen LogP contribution < -0.4 is 69.3 Å². The van der Waals surface area contributed by atoms with E-state index in [0.717, 1.165) is 9.75 Å². The predicted molar refractivity (Wildman–Crippen MR) is 85.9 cm³/mol. The molecule has 120 valence electrons. The zero-order valence-corrected chi connectivity index (χ0v) is 20.9. The Morgan fingerprint density at radius 1 is 0.875 bits per heavy atom. The molecule has 6 nitrogen and oxygen atoms in total. The van der Waals surface area contributed by atoms with E-state index in [1.54, 1.807) is 0 Å². The van der Waals surface area contributed by atoms with Crippen LogP contribution in [0.25, 0.3) is 0 Å². The third-order valence-electron chi connectivity index (χ3n) is 2.49. The summed E-state index contributed by atoms with van der Waals surface area (Å²) in [7, 11) is 0. The Bertz CT molecular complexity index is 727. The van der Waals surface area contributed by atoms with Gasteiger partial charge in [0, 0.05) is 45.9 Å². The van der Waals surface area contributed by atoms with Crippen molar-refractivity contribution in [1.82, 2.24) is 9.97 Å². The molecule has 2 aromatic heterocycles. The van der Waals surface area contributed by atoms with Gasteiger partial charge >= 0.3 is 59.1 Å². The Morgan fingerprint density at radius 3 is 1.33 bits per heavy atom. The van der Waals surface area contributed by atoms with Crippen molar-refractivity contribution in [3.8, 4) is 0 Å². The number of hydrogen-bond acceptors (Lipinski definition) is 8. The van der Waals surface area contributed by atoms with Crippen molar-refractivity contribution in [1.29, 1.82) is 0 Å². The number of rotatable bonds is 4. The van der Waals surface area contributed by atoms with Crippen LogP contribution >= 0.6 is 47.1 Å². The molecule has 0 radical (unpaired) electrons. The Labute approximate surface area is 201 Å². The minimum absolute atomic E-state index is 0. The number of carboxylic acid groups (broad SMARTS) is 2. The first-order chi connectivity index (χ1) is 10.2. The molecule has 0 aromatic carbocycles. The summed E-state index contributed by atoms with van der Waals surface area (Å²) in [5.41, 5.74) is 1.31. The van der Waals surface area contributed by atoms with Crippen molar-refractivity contribution in [3.05, 3.63) is 29.1 Å². The molecule has 0 bridgehead atoms. The van der Waals surface area contributed by atoms with Crippen molar-refractivity contribution < 1.29 is 78.9 Å². The number of aryl methyl sites for hydroxylation is 2. The first kappa shape index (κ1) is 26.9. The van der Waals surface area contributed by atoms with Crippen molar-refractivity contribution >= 4 is 59.0 Å². The topological polar surface area (TPSA) is 112 Å². The molecular weight excluding hydrogens is 410 g/mol. The van der Waals surface area contributed by atoms with Crippen LogP contribution in [-0.4, -0.2) is 21.9 Å². The molecule has 2 rings (SSSR count). The quantitative estimate of drug-likeness (QED) is 0.377. The number of H-pyrrole nitrogens is 2. The maximum Gasteiger partial charge on any atom is 1.00 e. The van der Waals surface area contributed by atoms with Crippen LogP contribution in [0.2, 0.25) is 0 Å². The second kappa shape index (κ2) is 12.9. The molecule has 2 N–H and O–H groups in total. The molecule has 0 spiro atoms. The summed E-state index contributed by atoms with van der Waals surface area (Å²) in [6, 6.07) is 0. The first-order valence-electron chi connectivity index (χ1n) is 5.96. The summed E-state index contributed by atoms with van der Waals surface area (Å²) in [5.74, 6) is -2.17. The second-order valence-electron chi connectivity index (χ2n) is 4.20. The van der Waals surface area contributed by atoms with Gasteiger partial charge in [0.05, 0.1) is 0 Å². The smallest absolute Gasteiger partial charge is 0.550 e. The predicted octanol–water partition coefficient (Wildman–Crippen LogP) is -5.18. The monoisotopic (exact) mass is 422 g/mol. The van der Waals surface area contributed by atoms with Gasteiger partial charge in [-0.2, -0.15) is 0 Å². The molecule has 0 unspecified atom stereocenters. The van der Waals surface area contributed by atoms with Crippen molar-refractivity contribution in [2.75, 3.05) is 0 Å². The SMILES string of the molecule is Cc1sc(=S)[nH]c1CC(=O)[O-].Cc1sc(=S)[nH]c1CC(=O)[O-].[Na+].[Na+]. The fraction of sp³-hybridized carbons (Fsp3) is 0.333. The number of hydrogen-bond donors (Lipinski definition) is 2. The summed E-state index contributed by atoms with van der Waals surface area (Å²) in [5, 5.41) is 20.3. The maximum atomic E-state index is 10.2. The zero-order valence-electron chi connectivity index (χ0n) is 13.7. The minimum atomic E-state index is -1.09. The third kappa shape index (κ3) is 9.95. The van der Waals surface area contributed by atoms with Gasteiger partial charge in [0.25, 0.3) is 0 Å². The number of carbonyl (C=O) groups is 2. The number of carboxylic acids is 2. The molecule has 2 heterocycles. The molecule has 0 saturated carbocycles. The summed E-state index contributed by atoms with van der Waals surface area (Å²) in [6.45, 7) is 3.66. The van der Waals surface area contributed by atoms with E-state index < -0.39 is 11.9 Å². The standard InChI is InChI=1S/2C6H7NO2S2.2Na/c2*1-3-4(2-5(8)9)7-6(10)11-3;;/h2*2H2,1H3,(H,7,10)(H,8,9);;/q;;2*+1/p-2. The Kier molecular flexibility index (Phi) is 14.4. The zero-order chi connectivity index (χ0) is 16.9.